The van der Waals surface area contributed by atoms with E-state index in [4.69, 9.17) is 5.73 Å². The van der Waals surface area contributed by atoms with Crippen molar-refractivity contribution in [3.63, 3.8) is 0 Å². The Morgan fingerprint density at radius 3 is 2.72 bits per heavy atom. The highest BCUT2D eigenvalue weighted by molar-refractivity contribution is 5.49. The van der Waals surface area contributed by atoms with Gasteiger partial charge < -0.3 is 10.6 Å². The third-order valence-electron chi connectivity index (χ3n) is 3.39. The number of aryl methyl sites for hydroxylation is 1. The summed E-state index contributed by atoms with van der Waals surface area (Å²) in [6, 6.07) is 3.18. The van der Waals surface area contributed by atoms with Crippen LogP contribution in [0.2, 0.25) is 0 Å². The lowest BCUT2D eigenvalue weighted by atomic mass is 10.1. The van der Waals surface area contributed by atoms with E-state index in [-0.39, 0.29) is 6.04 Å². The molecule has 0 amide bonds. The molecule has 1 atom stereocenters. The van der Waals surface area contributed by atoms with Crippen molar-refractivity contribution in [2.45, 2.75) is 58.5 Å². The van der Waals surface area contributed by atoms with E-state index < -0.39 is 0 Å². The second-order valence-corrected chi connectivity index (χ2v) is 5.59. The zero-order valence-corrected chi connectivity index (χ0v) is 11.8. The van der Waals surface area contributed by atoms with Crippen molar-refractivity contribution in [1.29, 1.82) is 0 Å². The van der Waals surface area contributed by atoms with Gasteiger partial charge in [0.1, 0.15) is 5.82 Å². The van der Waals surface area contributed by atoms with Gasteiger partial charge in [-0.25, -0.2) is 4.98 Å². The first-order valence-electron chi connectivity index (χ1n) is 7.09. The number of rotatable bonds is 6. The van der Waals surface area contributed by atoms with Gasteiger partial charge in [-0.1, -0.05) is 13.0 Å². The molecule has 1 unspecified atom stereocenters. The lowest BCUT2D eigenvalue weighted by Gasteiger charge is -2.25. The minimum Gasteiger partial charge on any atom is -0.353 e. The monoisotopic (exact) mass is 247 g/mol. The molecule has 1 aliphatic rings. The van der Waals surface area contributed by atoms with Gasteiger partial charge in [-0.15, -0.1) is 0 Å². The molecule has 3 heteroatoms. The summed E-state index contributed by atoms with van der Waals surface area (Å²) in [6.07, 6.45) is 6.73. The van der Waals surface area contributed by atoms with Crippen LogP contribution < -0.4 is 10.6 Å². The van der Waals surface area contributed by atoms with Crippen LogP contribution in [0.25, 0.3) is 0 Å². The van der Waals surface area contributed by atoms with Crippen LogP contribution in [0.3, 0.4) is 0 Å². The molecule has 1 aliphatic carbocycles. The van der Waals surface area contributed by atoms with E-state index in [1.54, 1.807) is 0 Å². The maximum absolute atomic E-state index is 5.84. The Morgan fingerprint density at radius 1 is 1.50 bits per heavy atom. The molecule has 18 heavy (non-hydrogen) atoms. The molecule has 0 saturated heterocycles. The average molecular weight is 247 g/mol. The van der Waals surface area contributed by atoms with Gasteiger partial charge in [-0.2, -0.15) is 0 Å². The number of aromatic nitrogens is 1. The molecule has 2 rings (SSSR count). The van der Waals surface area contributed by atoms with Gasteiger partial charge in [0, 0.05) is 24.8 Å². The molecule has 0 aliphatic heterocycles. The van der Waals surface area contributed by atoms with Crippen LogP contribution in [-0.2, 0) is 6.42 Å². The summed E-state index contributed by atoms with van der Waals surface area (Å²) < 4.78 is 0. The van der Waals surface area contributed by atoms with Gasteiger partial charge in [0.15, 0.2) is 0 Å². The smallest absolute Gasteiger partial charge is 0.131 e. The van der Waals surface area contributed by atoms with Gasteiger partial charge in [0.2, 0.25) is 0 Å². The number of nitrogens with zero attached hydrogens (tertiary/aromatic N) is 2. The molecule has 100 valence electrons. The Bertz CT molecular complexity index is 397. The van der Waals surface area contributed by atoms with Gasteiger partial charge >= 0.3 is 0 Å². The standard InChI is InChI=1S/C15H25N3/c1-4-7-18(14-5-6-14)15-11(2)8-13(10-17-15)9-12(3)16/h8,10,12,14H,4-7,9,16H2,1-3H3. The van der Waals surface area contributed by atoms with Crippen LogP contribution in [-0.4, -0.2) is 23.6 Å². The van der Waals surface area contributed by atoms with Crippen molar-refractivity contribution in [3.05, 3.63) is 23.4 Å². The average Bonchev–Trinajstić information content (AvgIpc) is 3.10. The van der Waals surface area contributed by atoms with E-state index in [0.29, 0.717) is 0 Å². The largest absolute Gasteiger partial charge is 0.353 e. The van der Waals surface area contributed by atoms with Crippen LogP contribution in [0.4, 0.5) is 5.82 Å². The van der Waals surface area contributed by atoms with Crippen LogP contribution in [0, 0.1) is 6.92 Å². The quantitative estimate of drug-likeness (QED) is 0.840. The van der Waals surface area contributed by atoms with E-state index in [1.807, 2.05) is 13.1 Å². The van der Waals surface area contributed by atoms with E-state index in [1.165, 1.54) is 36.2 Å². The normalized spacial score (nSPS) is 16.7. The molecule has 2 N–H and O–H groups in total. The second kappa shape index (κ2) is 5.70. The number of hydrogen-bond acceptors (Lipinski definition) is 3. The molecule has 0 bridgehead atoms. The molecule has 0 spiro atoms. The Labute approximate surface area is 110 Å². The molecular formula is C15H25N3. The van der Waals surface area contributed by atoms with Crippen molar-refractivity contribution in [2.24, 2.45) is 5.73 Å². The molecule has 1 saturated carbocycles. The lowest BCUT2D eigenvalue weighted by molar-refractivity contribution is 0.727. The Balaban J connectivity index is 2.16. The third kappa shape index (κ3) is 3.22. The van der Waals surface area contributed by atoms with Crippen molar-refractivity contribution in [2.75, 3.05) is 11.4 Å². The fraction of sp³-hybridized carbons (Fsp3) is 0.667. The minimum absolute atomic E-state index is 0.201. The van der Waals surface area contributed by atoms with Crippen molar-refractivity contribution in [3.8, 4) is 0 Å². The van der Waals surface area contributed by atoms with Crippen molar-refractivity contribution >= 4 is 5.82 Å². The highest BCUT2D eigenvalue weighted by Gasteiger charge is 2.30. The first-order chi connectivity index (χ1) is 8.61. The fourth-order valence-electron chi connectivity index (χ4n) is 2.50. The topological polar surface area (TPSA) is 42.2 Å². The molecule has 1 fully saturated rings. The second-order valence-electron chi connectivity index (χ2n) is 5.59. The summed E-state index contributed by atoms with van der Waals surface area (Å²) in [7, 11) is 0. The number of pyridine rings is 1. The zero-order valence-electron chi connectivity index (χ0n) is 11.8. The van der Waals surface area contributed by atoms with E-state index in [0.717, 1.165) is 19.0 Å². The van der Waals surface area contributed by atoms with Crippen LogP contribution in [0.1, 0.15) is 44.2 Å². The zero-order chi connectivity index (χ0) is 13.1. The molecule has 0 radical (unpaired) electrons. The van der Waals surface area contributed by atoms with Crippen molar-refractivity contribution in [1.82, 2.24) is 4.98 Å². The number of hydrogen-bond donors (Lipinski definition) is 1. The summed E-state index contributed by atoms with van der Waals surface area (Å²) in [5.74, 6) is 1.17. The van der Waals surface area contributed by atoms with Crippen LogP contribution >= 0.6 is 0 Å². The van der Waals surface area contributed by atoms with Crippen molar-refractivity contribution < 1.29 is 0 Å². The first-order valence-corrected chi connectivity index (χ1v) is 7.09. The predicted molar refractivity (Wildman–Crippen MR) is 77.0 cm³/mol. The highest BCUT2D eigenvalue weighted by Crippen LogP contribution is 2.32. The minimum atomic E-state index is 0.201. The molecular weight excluding hydrogens is 222 g/mol. The number of nitrogens with two attached hydrogens (primary N) is 1. The maximum atomic E-state index is 5.84. The maximum Gasteiger partial charge on any atom is 0.131 e. The Hall–Kier alpha value is -1.09. The molecule has 1 aromatic rings. The fourth-order valence-corrected chi connectivity index (χ4v) is 2.50. The summed E-state index contributed by atoms with van der Waals surface area (Å²) in [5, 5.41) is 0. The Morgan fingerprint density at radius 2 is 2.22 bits per heavy atom. The van der Waals surface area contributed by atoms with E-state index >= 15 is 0 Å². The number of anilines is 1. The van der Waals surface area contributed by atoms with Gasteiger partial charge in [-0.3, -0.25) is 0 Å². The SMILES string of the molecule is CCCN(c1ncc(CC(C)N)cc1C)C1CC1. The van der Waals surface area contributed by atoms with E-state index in [2.05, 4.69) is 29.8 Å². The first kappa shape index (κ1) is 13.3. The van der Waals surface area contributed by atoms with Gasteiger partial charge in [-0.05, 0) is 50.7 Å². The predicted octanol–water partition coefficient (Wildman–Crippen LogP) is 2.66. The summed E-state index contributed by atoms with van der Waals surface area (Å²) in [4.78, 5) is 7.16. The molecule has 3 nitrogen and oxygen atoms in total. The summed E-state index contributed by atoms with van der Waals surface area (Å²) in [5.41, 5.74) is 8.37. The summed E-state index contributed by atoms with van der Waals surface area (Å²) in [6.45, 7) is 7.55. The van der Waals surface area contributed by atoms with Crippen LogP contribution in [0.5, 0.6) is 0 Å². The van der Waals surface area contributed by atoms with Gasteiger partial charge in [0.25, 0.3) is 0 Å². The molecule has 1 heterocycles. The third-order valence-corrected chi connectivity index (χ3v) is 3.39. The summed E-state index contributed by atoms with van der Waals surface area (Å²) >= 11 is 0. The highest BCUT2D eigenvalue weighted by atomic mass is 15.2. The van der Waals surface area contributed by atoms with Gasteiger partial charge in [0.05, 0.1) is 0 Å². The molecule has 0 aromatic carbocycles. The van der Waals surface area contributed by atoms with E-state index in [9.17, 15) is 0 Å². The lowest BCUT2D eigenvalue weighted by Crippen LogP contribution is -2.28. The molecule has 1 aromatic heterocycles. The Kier molecular flexibility index (Phi) is 4.23. The van der Waals surface area contributed by atoms with Crippen LogP contribution in [0.15, 0.2) is 12.3 Å².